The lowest BCUT2D eigenvalue weighted by molar-refractivity contribution is -0.122. The molecule has 0 spiro atoms. The Balaban J connectivity index is 1.69. The van der Waals surface area contributed by atoms with Gasteiger partial charge in [-0.25, -0.2) is 8.42 Å². The van der Waals surface area contributed by atoms with E-state index in [4.69, 9.17) is 16.3 Å². The Labute approximate surface area is 169 Å². The predicted octanol–water partition coefficient (Wildman–Crippen LogP) is 3.42. The number of amides is 1. The highest BCUT2D eigenvalue weighted by Crippen LogP contribution is 2.34. The maximum absolute atomic E-state index is 12.5. The van der Waals surface area contributed by atoms with Crippen molar-refractivity contribution in [1.29, 1.82) is 0 Å². The lowest BCUT2D eigenvalue weighted by Crippen LogP contribution is -2.40. The number of sulfonamides is 1. The van der Waals surface area contributed by atoms with Gasteiger partial charge in [0.25, 0.3) is 10.0 Å². The second kappa shape index (κ2) is 7.85. The number of nitrogens with one attached hydrogen (secondary N) is 1. The third kappa shape index (κ3) is 4.23. The average Bonchev–Trinajstić information content (AvgIpc) is 3.02. The van der Waals surface area contributed by atoms with Crippen molar-refractivity contribution in [3.05, 3.63) is 44.7 Å². The molecule has 0 radical (unpaired) electrons. The highest BCUT2D eigenvalue weighted by atomic mass is 79.9. The lowest BCUT2D eigenvalue weighted by Gasteiger charge is -2.27. The number of benzene rings is 1. The number of ether oxygens (including phenoxy) is 1. The number of nitrogens with zero attached hydrogens (tertiary/aromatic N) is 1. The fourth-order valence-corrected chi connectivity index (χ4v) is 5.83. The Bertz CT molecular complexity index is 932. The summed E-state index contributed by atoms with van der Waals surface area (Å²) in [5, 5.41) is 2.89. The minimum Gasteiger partial charge on any atom is -0.493 e. The van der Waals surface area contributed by atoms with Crippen LogP contribution in [0.3, 0.4) is 0 Å². The van der Waals surface area contributed by atoms with Crippen molar-refractivity contribution < 1.29 is 17.9 Å². The number of hydrogen-bond acceptors (Lipinski definition) is 5. The maximum atomic E-state index is 12.5. The van der Waals surface area contributed by atoms with E-state index in [1.165, 1.54) is 19.2 Å². The molecule has 6 nitrogen and oxygen atoms in total. The molecule has 1 aliphatic rings. The summed E-state index contributed by atoms with van der Waals surface area (Å²) in [6.45, 7) is 0.208. The minimum absolute atomic E-state index is 0.109. The molecule has 140 valence electrons. The van der Waals surface area contributed by atoms with Crippen molar-refractivity contribution >= 4 is 54.8 Å². The number of rotatable bonds is 5. The fourth-order valence-electron chi connectivity index (χ4n) is 2.63. The molecule has 0 saturated heterocycles. The van der Waals surface area contributed by atoms with Crippen LogP contribution >= 0.6 is 38.9 Å². The van der Waals surface area contributed by atoms with E-state index in [1.807, 2.05) is 18.2 Å². The molecule has 0 saturated carbocycles. The van der Waals surface area contributed by atoms with Crippen LogP contribution in [0.15, 0.2) is 39.0 Å². The van der Waals surface area contributed by atoms with Crippen molar-refractivity contribution in [3.63, 3.8) is 0 Å². The van der Waals surface area contributed by atoms with Crippen LogP contribution in [0.5, 0.6) is 5.75 Å². The number of hydrogen-bond donors (Lipinski definition) is 1. The Morgan fingerprint density at radius 1 is 1.42 bits per heavy atom. The normalized spacial score (nSPS) is 16.8. The number of likely N-dealkylation sites (N-methyl/N-ethyl adjacent to an activating group) is 1. The number of fused-ring (bicyclic) bond motifs is 1. The zero-order valence-corrected chi connectivity index (χ0v) is 17.7. The molecule has 1 aromatic carbocycles. The van der Waals surface area contributed by atoms with E-state index in [1.54, 1.807) is 0 Å². The summed E-state index contributed by atoms with van der Waals surface area (Å²) in [5.41, 5.74) is 0.870. The summed E-state index contributed by atoms with van der Waals surface area (Å²) in [5.74, 6) is 0.343. The van der Waals surface area contributed by atoms with Gasteiger partial charge in [0.2, 0.25) is 5.91 Å². The van der Waals surface area contributed by atoms with Gasteiger partial charge < -0.3 is 10.1 Å². The number of carbonyl (C=O) groups excluding carboxylic acids is 1. The molecule has 0 aliphatic carbocycles. The van der Waals surface area contributed by atoms with Crippen molar-refractivity contribution in [2.45, 2.75) is 16.7 Å². The first-order valence-electron chi connectivity index (χ1n) is 7.70. The summed E-state index contributed by atoms with van der Waals surface area (Å²) in [6, 6.07) is 8.33. The quantitative estimate of drug-likeness (QED) is 0.713. The van der Waals surface area contributed by atoms with Crippen LogP contribution in [-0.4, -0.2) is 38.8 Å². The molecule has 10 heteroatoms. The molecule has 1 aliphatic heterocycles. The monoisotopic (exact) mass is 478 g/mol. The molecule has 0 fully saturated rings. The predicted molar refractivity (Wildman–Crippen MR) is 104 cm³/mol. The second-order valence-electron chi connectivity index (χ2n) is 5.76. The molecule has 26 heavy (non-hydrogen) atoms. The van der Waals surface area contributed by atoms with Crippen LogP contribution < -0.4 is 10.1 Å². The van der Waals surface area contributed by atoms with Crippen LogP contribution in [0.2, 0.25) is 4.34 Å². The van der Waals surface area contributed by atoms with Crippen LogP contribution in [-0.2, 0) is 14.8 Å². The third-order valence-corrected chi connectivity index (χ3v) is 7.92. The Kier molecular flexibility index (Phi) is 5.93. The third-order valence-electron chi connectivity index (χ3n) is 3.93. The summed E-state index contributed by atoms with van der Waals surface area (Å²) in [6.07, 6.45) is 0.617. The first kappa shape index (κ1) is 19.6. The SMILES string of the molecule is CN(CC(=O)NC1CCOc2ccc(Br)cc21)S(=O)(=O)c1ccc(Cl)s1. The molecule has 2 aromatic rings. The molecule has 1 amide bonds. The first-order valence-corrected chi connectivity index (χ1v) is 11.1. The first-order chi connectivity index (χ1) is 12.3. The van der Waals surface area contributed by atoms with E-state index in [9.17, 15) is 13.2 Å². The van der Waals surface area contributed by atoms with Gasteiger partial charge in [-0.1, -0.05) is 27.5 Å². The second-order valence-corrected chi connectivity index (χ2v) is 10.7. The lowest BCUT2D eigenvalue weighted by atomic mass is 10.0. The van der Waals surface area contributed by atoms with Gasteiger partial charge in [-0.2, -0.15) is 4.31 Å². The maximum Gasteiger partial charge on any atom is 0.252 e. The molecule has 1 atom stereocenters. The largest absolute Gasteiger partial charge is 0.493 e. The number of halogens is 2. The van der Waals surface area contributed by atoms with E-state index >= 15 is 0 Å². The van der Waals surface area contributed by atoms with Crippen molar-refractivity contribution in [2.75, 3.05) is 20.2 Å². The van der Waals surface area contributed by atoms with E-state index < -0.39 is 10.0 Å². The zero-order valence-electron chi connectivity index (χ0n) is 13.7. The van der Waals surface area contributed by atoms with Gasteiger partial charge in [0.1, 0.15) is 9.96 Å². The zero-order chi connectivity index (χ0) is 18.9. The summed E-state index contributed by atoms with van der Waals surface area (Å²) >= 11 is 10.2. The van der Waals surface area contributed by atoms with E-state index in [0.29, 0.717) is 17.4 Å². The highest BCUT2D eigenvalue weighted by molar-refractivity contribution is 9.10. The van der Waals surface area contributed by atoms with Crippen LogP contribution in [0.25, 0.3) is 0 Å². The topological polar surface area (TPSA) is 75.7 Å². The van der Waals surface area contributed by atoms with Crippen LogP contribution in [0, 0.1) is 0 Å². The summed E-state index contributed by atoms with van der Waals surface area (Å²) < 4.78 is 33.0. The average molecular weight is 480 g/mol. The van der Waals surface area contributed by atoms with Crippen LogP contribution in [0.4, 0.5) is 0 Å². The highest BCUT2D eigenvalue weighted by Gasteiger charge is 2.27. The summed E-state index contributed by atoms with van der Waals surface area (Å²) in [4.78, 5) is 12.4. The van der Waals surface area contributed by atoms with Gasteiger partial charge in [-0.05, 0) is 30.3 Å². The van der Waals surface area contributed by atoms with Crippen molar-refractivity contribution in [2.24, 2.45) is 0 Å². The molecule has 3 rings (SSSR count). The molecule has 1 N–H and O–H groups in total. The number of carbonyl (C=O) groups is 1. The molecular weight excluding hydrogens is 464 g/mol. The summed E-state index contributed by atoms with van der Waals surface area (Å²) in [7, 11) is -2.37. The van der Waals surface area contributed by atoms with Crippen molar-refractivity contribution in [3.8, 4) is 5.75 Å². The molecule has 2 heterocycles. The minimum atomic E-state index is -3.75. The van der Waals surface area contributed by atoms with E-state index in [0.717, 1.165) is 31.4 Å². The molecule has 0 bridgehead atoms. The smallest absolute Gasteiger partial charge is 0.252 e. The Morgan fingerprint density at radius 3 is 2.88 bits per heavy atom. The van der Waals surface area contributed by atoms with Gasteiger partial charge in [0, 0.05) is 23.5 Å². The van der Waals surface area contributed by atoms with Gasteiger partial charge in [-0.3, -0.25) is 4.79 Å². The van der Waals surface area contributed by atoms with Crippen molar-refractivity contribution in [1.82, 2.24) is 9.62 Å². The van der Waals surface area contributed by atoms with Crippen LogP contribution in [0.1, 0.15) is 18.0 Å². The standard InChI is InChI=1S/C16H16BrClN2O4S2/c1-20(26(22,23)16-5-4-14(18)25-16)9-15(21)19-12-6-7-24-13-3-2-10(17)8-11(12)13/h2-5,8,12H,6-7,9H2,1H3,(H,19,21). The number of thiophene rings is 1. The Morgan fingerprint density at radius 2 is 2.19 bits per heavy atom. The molecule has 1 aromatic heterocycles. The van der Waals surface area contributed by atoms with E-state index in [-0.39, 0.29) is 22.7 Å². The van der Waals surface area contributed by atoms with Gasteiger partial charge in [0.15, 0.2) is 0 Å². The van der Waals surface area contributed by atoms with Gasteiger partial charge in [-0.15, -0.1) is 11.3 Å². The van der Waals surface area contributed by atoms with E-state index in [2.05, 4.69) is 21.2 Å². The molecule has 1 unspecified atom stereocenters. The van der Waals surface area contributed by atoms with Gasteiger partial charge in [0.05, 0.1) is 23.5 Å². The van der Waals surface area contributed by atoms with Gasteiger partial charge >= 0.3 is 0 Å². The molecular formula is C16H16BrClN2O4S2. The Hall–Kier alpha value is -1.13. The fraction of sp³-hybridized carbons (Fsp3) is 0.312.